The predicted molar refractivity (Wildman–Crippen MR) is 102 cm³/mol. The maximum absolute atomic E-state index is 12.3. The van der Waals surface area contributed by atoms with Crippen LogP contribution in [0.15, 0.2) is 42.5 Å². The molecule has 2 amide bonds. The van der Waals surface area contributed by atoms with Crippen molar-refractivity contribution in [2.24, 2.45) is 0 Å². The molecule has 0 aromatic heterocycles. The Morgan fingerprint density at radius 2 is 1.59 bits per heavy atom. The maximum Gasteiger partial charge on any atom is 0.412 e. The van der Waals surface area contributed by atoms with Gasteiger partial charge in [-0.3, -0.25) is 20.2 Å². The third kappa shape index (κ3) is 5.96. The summed E-state index contributed by atoms with van der Waals surface area (Å²) in [7, 11) is 0. The summed E-state index contributed by atoms with van der Waals surface area (Å²) in [6, 6.07) is 10.0. The Morgan fingerprint density at radius 1 is 1.04 bits per heavy atom. The summed E-state index contributed by atoms with van der Waals surface area (Å²) in [6.07, 6.45) is -0.601. The van der Waals surface area contributed by atoms with Crippen LogP contribution >= 0.6 is 11.6 Å². The van der Waals surface area contributed by atoms with Gasteiger partial charge in [0.2, 0.25) is 0 Å². The van der Waals surface area contributed by atoms with Crippen LogP contribution in [0.1, 0.15) is 31.1 Å². The SMILES string of the molecule is CC(C)(C)OC(=O)Nc1ccc(NC(=O)c2ccc(Cl)cc2[N+](=O)[O-])cc1. The molecule has 0 atom stereocenters. The van der Waals surface area contributed by atoms with Crippen molar-refractivity contribution in [3.63, 3.8) is 0 Å². The van der Waals surface area contributed by atoms with Gasteiger partial charge in [0.25, 0.3) is 11.6 Å². The highest BCUT2D eigenvalue weighted by atomic mass is 35.5. The lowest BCUT2D eigenvalue weighted by atomic mass is 10.1. The van der Waals surface area contributed by atoms with Crippen molar-refractivity contribution in [3.05, 3.63) is 63.2 Å². The lowest BCUT2D eigenvalue weighted by Gasteiger charge is -2.19. The van der Waals surface area contributed by atoms with Crippen LogP contribution in [0.5, 0.6) is 0 Å². The Balaban J connectivity index is 2.08. The van der Waals surface area contributed by atoms with E-state index in [1.165, 1.54) is 12.1 Å². The largest absolute Gasteiger partial charge is 0.444 e. The molecule has 0 heterocycles. The molecule has 2 rings (SSSR count). The first-order chi connectivity index (χ1) is 12.5. The van der Waals surface area contributed by atoms with Gasteiger partial charge in [0, 0.05) is 22.5 Å². The van der Waals surface area contributed by atoms with Crippen molar-refractivity contribution >= 4 is 40.7 Å². The highest BCUT2D eigenvalue weighted by Crippen LogP contribution is 2.24. The molecule has 8 nitrogen and oxygen atoms in total. The topological polar surface area (TPSA) is 111 Å². The van der Waals surface area contributed by atoms with E-state index in [0.717, 1.165) is 6.07 Å². The van der Waals surface area contributed by atoms with Crippen molar-refractivity contribution in [1.29, 1.82) is 0 Å². The van der Waals surface area contributed by atoms with Crippen molar-refractivity contribution in [2.45, 2.75) is 26.4 Å². The third-order valence-corrected chi connectivity index (χ3v) is 3.42. The number of nitro groups is 1. The van der Waals surface area contributed by atoms with Gasteiger partial charge >= 0.3 is 6.09 Å². The predicted octanol–water partition coefficient (Wildman–Crippen LogP) is 4.85. The Kier molecular flexibility index (Phi) is 6.02. The Hall–Kier alpha value is -3.13. The van der Waals surface area contributed by atoms with Gasteiger partial charge in [-0.15, -0.1) is 0 Å². The summed E-state index contributed by atoms with van der Waals surface area (Å²) in [4.78, 5) is 34.5. The number of nitrogens with one attached hydrogen (secondary N) is 2. The summed E-state index contributed by atoms with van der Waals surface area (Å²) in [5.74, 6) is -0.647. The standard InChI is InChI=1S/C18H18ClN3O5/c1-18(2,3)27-17(24)21-13-7-5-12(6-8-13)20-16(23)14-9-4-11(19)10-15(14)22(25)26/h4-10H,1-3H3,(H,20,23)(H,21,24). The fourth-order valence-electron chi connectivity index (χ4n) is 2.10. The highest BCUT2D eigenvalue weighted by molar-refractivity contribution is 6.31. The van der Waals surface area contributed by atoms with E-state index < -0.39 is 22.5 Å². The summed E-state index contributed by atoms with van der Waals surface area (Å²) in [5, 5.41) is 16.4. The number of halogens is 1. The third-order valence-electron chi connectivity index (χ3n) is 3.19. The van der Waals surface area contributed by atoms with Crippen LogP contribution in [0.2, 0.25) is 5.02 Å². The lowest BCUT2D eigenvalue weighted by Crippen LogP contribution is -2.27. The van der Waals surface area contributed by atoms with Crippen LogP contribution < -0.4 is 10.6 Å². The number of carbonyl (C=O) groups is 2. The zero-order valence-electron chi connectivity index (χ0n) is 14.9. The average molecular weight is 392 g/mol. The number of ether oxygens (including phenoxy) is 1. The maximum atomic E-state index is 12.3. The zero-order chi connectivity index (χ0) is 20.2. The smallest absolute Gasteiger partial charge is 0.412 e. The molecule has 0 aliphatic carbocycles. The Labute approximate surface area is 160 Å². The first kappa shape index (κ1) is 20.2. The number of nitro benzene ring substituents is 1. The van der Waals surface area contributed by atoms with Gasteiger partial charge in [-0.2, -0.15) is 0 Å². The second-order valence-electron chi connectivity index (χ2n) is 6.58. The van der Waals surface area contributed by atoms with E-state index >= 15 is 0 Å². The molecule has 0 aliphatic heterocycles. The van der Waals surface area contributed by atoms with Gasteiger partial charge in [-0.1, -0.05) is 11.6 Å². The van der Waals surface area contributed by atoms with E-state index in [2.05, 4.69) is 10.6 Å². The monoisotopic (exact) mass is 391 g/mol. The first-order valence-electron chi connectivity index (χ1n) is 7.90. The number of rotatable bonds is 4. The van der Waals surface area contributed by atoms with Gasteiger partial charge in [0.1, 0.15) is 11.2 Å². The molecule has 2 aromatic rings. The van der Waals surface area contributed by atoms with Crippen LogP contribution in [0, 0.1) is 10.1 Å². The molecule has 2 N–H and O–H groups in total. The molecule has 0 saturated heterocycles. The molecular weight excluding hydrogens is 374 g/mol. The number of nitrogens with zero attached hydrogens (tertiary/aromatic N) is 1. The minimum Gasteiger partial charge on any atom is -0.444 e. The summed E-state index contributed by atoms with van der Waals surface area (Å²) >= 11 is 5.74. The normalized spacial score (nSPS) is 10.8. The number of benzene rings is 2. The summed E-state index contributed by atoms with van der Waals surface area (Å²) in [5.41, 5.74) is -0.243. The van der Waals surface area contributed by atoms with Crippen molar-refractivity contribution in [3.8, 4) is 0 Å². The number of carbonyl (C=O) groups excluding carboxylic acids is 2. The fourth-order valence-corrected chi connectivity index (χ4v) is 2.27. The second kappa shape index (κ2) is 8.05. The number of amides is 2. The van der Waals surface area contributed by atoms with Crippen molar-refractivity contribution < 1.29 is 19.2 Å². The molecule has 0 radical (unpaired) electrons. The average Bonchev–Trinajstić information content (AvgIpc) is 2.54. The van der Waals surface area contributed by atoms with Gasteiger partial charge in [-0.25, -0.2) is 4.79 Å². The van der Waals surface area contributed by atoms with Gasteiger partial charge in [0.05, 0.1) is 4.92 Å². The molecule has 9 heteroatoms. The number of hydrogen-bond donors (Lipinski definition) is 2. The minimum absolute atomic E-state index is 0.111. The first-order valence-corrected chi connectivity index (χ1v) is 8.28. The molecule has 0 unspecified atom stereocenters. The molecule has 0 bridgehead atoms. The quantitative estimate of drug-likeness (QED) is 0.571. The van der Waals surface area contributed by atoms with E-state index in [1.54, 1.807) is 45.0 Å². The fraction of sp³-hybridized carbons (Fsp3) is 0.222. The minimum atomic E-state index is -0.672. The van der Waals surface area contributed by atoms with Crippen molar-refractivity contribution in [1.82, 2.24) is 0 Å². The van der Waals surface area contributed by atoms with Crippen molar-refractivity contribution in [2.75, 3.05) is 10.6 Å². The van der Waals surface area contributed by atoms with Crippen LogP contribution in [-0.2, 0) is 4.74 Å². The van der Waals surface area contributed by atoms with Crippen LogP contribution in [-0.4, -0.2) is 22.5 Å². The Bertz CT molecular complexity index is 876. The highest BCUT2D eigenvalue weighted by Gasteiger charge is 2.21. The van der Waals surface area contributed by atoms with Crippen LogP contribution in [0.25, 0.3) is 0 Å². The number of hydrogen-bond acceptors (Lipinski definition) is 5. The van der Waals surface area contributed by atoms with Gasteiger partial charge in [0.15, 0.2) is 0 Å². The van der Waals surface area contributed by atoms with E-state index in [-0.39, 0.29) is 16.3 Å². The van der Waals surface area contributed by atoms with E-state index in [1.807, 2.05) is 0 Å². The van der Waals surface area contributed by atoms with E-state index in [0.29, 0.717) is 11.4 Å². The molecule has 0 aliphatic rings. The molecule has 0 spiro atoms. The molecule has 2 aromatic carbocycles. The van der Waals surface area contributed by atoms with Crippen LogP contribution in [0.3, 0.4) is 0 Å². The second-order valence-corrected chi connectivity index (χ2v) is 7.01. The Morgan fingerprint density at radius 3 is 2.11 bits per heavy atom. The van der Waals surface area contributed by atoms with Gasteiger partial charge < -0.3 is 10.1 Å². The molecule has 142 valence electrons. The summed E-state index contributed by atoms with van der Waals surface area (Å²) < 4.78 is 5.15. The van der Waals surface area contributed by atoms with E-state index in [9.17, 15) is 19.7 Å². The molecule has 0 saturated carbocycles. The number of anilines is 2. The molecular formula is C18H18ClN3O5. The lowest BCUT2D eigenvalue weighted by molar-refractivity contribution is -0.385. The molecule has 27 heavy (non-hydrogen) atoms. The summed E-state index contributed by atoms with van der Waals surface area (Å²) in [6.45, 7) is 5.25. The van der Waals surface area contributed by atoms with Crippen LogP contribution in [0.4, 0.5) is 21.9 Å². The molecule has 0 fully saturated rings. The van der Waals surface area contributed by atoms with E-state index in [4.69, 9.17) is 16.3 Å². The van der Waals surface area contributed by atoms with Gasteiger partial charge in [-0.05, 0) is 57.2 Å². The zero-order valence-corrected chi connectivity index (χ0v) is 15.7.